The molecule has 76 valence electrons. The Morgan fingerprint density at radius 3 is 2.60 bits per heavy atom. The number of anilines is 2. The van der Waals surface area contributed by atoms with Crippen LogP contribution in [0.2, 0.25) is 0 Å². The fraction of sp³-hybridized carbons (Fsp3) is 0. The molecule has 1 aromatic carbocycles. The van der Waals surface area contributed by atoms with E-state index in [2.05, 4.69) is 20.6 Å². The van der Waals surface area contributed by atoms with Gasteiger partial charge in [0.1, 0.15) is 5.82 Å². The number of rotatable bonds is 3. The molecule has 1 amide bonds. The minimum atomic E-state index is -0.377. The molecule has 0 unspecified atom stereocenters. The van der Waals surface area contributed by atoms with E-state index in [0.29, 0.717) is 12.1 Å². The standard InChI is InChI=1S/C8H6FN5O/c9-6-1-3-7(4-2-6)14(5-15)8-10-12-13-11-8/h1-5H,(H,10,11,12,13). The van der Waals surface area contributed by atoms with Crippen molar-refractivity contribution in [3.63, 3.8) is 0 Å². The SMILES string of the molecule is O=CN(c1ccc(F)cc1)c1nn[nH]n1. The van der Waals surface area contributed by atoms with Crippen LogP contribution in [0.3, 0.4) is 0 Å². The highest BCUT2D eigenvalue weighted by molar-refractivity contribution is 5.82. The Bertz CT molecular complexity index is 441. The van der Waals surface area contributed by atoms with Gasteiger partial charge in [-0.3, -0.25) is 4.79 Å². The lowest BCUT2D eigenvalue weighted by Crippen LogP contribution is -2.15. The Kier molecular flexibility index (Phi) is 2.36. The van der Waals surface area contributed by atoms with Gasteiger partial charge in [0.25, 0.3) is 5.95 Å². The number of amides is 1. The molecule has 0 aliphatic carbocycles. The normalized spacial score (nSPS) is 9.93. The third kappa shape index (κ3) is 1.80. The van der Waals surface area contributed by atoms with Gasteiger partial charge < -0.3 is 0 Å². The first kappa shape index (κ1) is 9.25. The second kappa shape index (κ2) is 3.82. The third-order valence-corrected chi connectivity index (χ3v) is 1.76. The van der Waals surface area contributed by atoms with Crippen molar-refractivity contribution in [2.45, 2.75) is 0 Å². The summed E-state index contributed by atoms with van der Waals surface area (Å²) < 4.78 is 12.6. The first-order chi connectivity index (χ1) is 7.31. The molecule has 1 aromatic heterocycles. The number of nitrogens with one attached hydrogen (secondary N) is 1. The molecule has 7 heteroatoms. The maximum absolute atomic E-state index is 12.6. The number of halogens is 1. The predicted octanol–water partition coefficient (Wildman–Crippen LogP) is 0.633. The van der Waals surface area contributed by atoms with E-state index in [0.717, 1.165) is 4.90 Å². The highest BCUT2D eigenvalue weighted by Gasteiger charge is 2.11. The Morgan fingerprint density at radius 2 is 2.07 bits per heavy atom. The summed E-state index contributed by atoms with van der Waals surface area (Å²) in [4.78, 5) is 11.9. The molecule has 0 aliphatic rings. The first-order valence-corrected chi connectivity index (χ1v) is 4.05. The van der Waals surface area contributed by atoms with Gasteiger partial charge in [0, 0.05) is 0 Å². The Labute approximate surface area is 83.7 Å². The van der Waals surface area contributed by atoms with E-state index in [1.54, 1.807) is 0 Å². The van der Waals surface area contributed by atoms with Crippen LogP contribution in [0.5, 0.6) is 0 Å². The van der Waals surface area contributed by atoms with Crippen molar-refractivity contribution in [3.05, 3.63) is 30.1 Å². The van der Waals surface area contributed by atoms with Gasteiger partial charge in [-0.2, -0.15) is 5.21 Å². The molecular formula is C8H6FN5O. The van der Waals surface area contributed by atoms with Gasteiger partial charge in [-0.05, 0) is 29.5 Å². The van der Waals surface area contributed by atoms with Gasteiger partial charge in [-0.25, -0.2) is 9.29 Å². The maximum atomic E-state index is 12.6. The molecule has 2 rings (SSSR count). The number of aromatic nitrogens is 4. The predicted molar refractivity (Wildman–Crippen MR) is 48.8 cm³/mol. The molecule has 0 atom stereocenters. The lowest BCUT2D eigenvalue weighted by Gasteiger charge is -2.11. The first-order valence-electron chi connectivity index (χ1n) is 4.05. The molecule has 1 heterocycles. The van der Waals surface area contributed by atoms with Gasteiger partial charge in [0.2, 0.25) is 6.41 Å². The summed E-state index contributed by atoms with van der Waals surface area (Å²) in [5.41, 5.74) is 0.466. The molecule has 0 fully saturated rings. The largest absolute Gasteiger partial charge is 0.278 e. The van der Waals surface area contributed by atoms with E-state index in [-0.39, 0.29) is 11.8 Å². The number of tetrazole rings is 1. The zero-order chi connectivity index (χ0) is 10.7. The summed E-state index contributed by atoms with van der Waals surface area (Å²) in [5.74, 6) is -0.269. The summed E-state index contributed by atoms with van der Waals surface area (Å²) in [5, 5.41) is 12.8. The minimum absolute atomic E-state index is 0.108. The quantitative estimate of drug-likeness (QED) is 0.749. The summed E-state index contributed by atoms with van der Waals surface area (Å²) in [7, 11) is 0. The van der Waals surface area contributed by atoms with Crippen LogP contribution in [0.4, 0.5) is 16.0 Å². The minimum Gasteiger partial charge on any atom is -0.278 e. The average Bonchev–Trinajstić information content (AvgIpc) is 2.75. The number of hydrogen-bond acceptors (Lipinski definition) is 4. The summed E-state index contributed by atoms with van der Waals surface area (Å²) in [6.07, 6.45) is 0.526. The number of aromatic amines is 1. The molecule has 0 saturated carbocycles. The molecule has 1 N–H and O–H groups in total. The number of carbonyl (C=O) groups excluding carboxylic acids is 1. The van der Waals surface area contributed by atoms with Crippen LogP contribution >= 0.6 is 0 Å². The number of benzene rings is 1. The van der Waals surface area contributed by atoms with E-state index in [4.69, 9.17) is 0 Å². The molecular weight excluding hydrogens is 201 g/mol. The van der Waals surface area contributed by atoms with Crippen LogP contribution in [0.15, 0.2) is 24.3 Å². The zero-order valence-corrected chi connectivity index (χ0v) is 7.46. The van der Waals surface area contributed by atoms with Crippen LogP contribution < -0.4 is 4.90 Å². The average molecular weight is 207 g/mol. The van der Waals surface area contributed by atoms with E-state index in [1.165, 1.54) is 24.3 Å². The lowest BCUT2D eigenvalue weighted by atomic mass is 10.3. The van der Waals surface area contributed by atoms with Crippen LogP contribution in [0, 0.1) is 5.82 Å². The van der Waals surface area contributed by atoms with Gasteiger partial charge in [0.05, 0.1) is 5.69 Å². The highest BCUT2D eigenvalue weighted by Crippen LogP contribution is 2.18. The number of carbonyl (C=O) groups is 1. The number of hydrogen-bond donors (Lipinski definition) is 1. The van der Waals surface area contributed by atoms with E-state index < -0.39 is 0 Å². The molecule has 0 spiro atoms. The van der Waals surface area contributed by atoms with E-state index >= 15 is 0 Å². The Hall–Kier alpha value is -2.31. The van der Waals surface area contributed by atoms with Crippen LogP contribution in [0.25, 0.3) is 0 Å². The fourth-order valence-electron chi connectivity index (χ4n) is 1.08. The van der Waals surface area contributed by atoms with Crippen molar-refractivity contribution >= 4 is 18.0 Å². The molecule has 2 aromatic rings. The molecule has 15 heavy (non-hydrogen) atoms. The number of H-pyrrole nitrogens is 1. The van der Waals surface area contributed by atoms with Crippen molar-refractivity contribution in [2.75, 3.05) is 4.90 Å². The van der Waals surface area contributed by atoms with Crippen LogP contribution in [-0.4, -0.2) is 27.0 Å². The number of nitrogens with zero attached hydrogens (tertiary/aromatic N) is 4. The fourth-order valence-corrected chi connectivity index (χ4v) is 1.08. The van der Waals surface area contributed by atoms with Crippen molar-refractivity contribution in [1.29, 1.82) is 0 Å². The van der Waals surface area contributed by atoms with Gasteiger partial charge >= 0.3 is 0 Å². The highest BCUT2D eigenvalue weighted by atomic mass is 19.1. The second-order valence-corrected chi connectivity index (χ2v) is 2.66. The van der Waals surface area contributed by atoms with Crippen molar-refractivity contribution in [3.8, 4) is 0 Å². The molecule has 0 bridgehead atoms. The van der Waals surface area contributed by atoms with Crippen molar-refractivity contribution in [1.82, 2.24) is 20.6 Å². The van der Waals surface area contributed by atoms with Gasteiger partial charge in [0.15, 0.2) is 0 Å². The van der Waals surface area contributed by atoms with Crippen molar-refractivity contribution < 1.29 is 9.18 Å². The van der Waals surface area contributed by atoms with E-state index in [9.17, 15) is 9.18 Å². The van der Waals surface area contributed by atoms with Crippen LogP contribution in [-0.2, 0) is 4.79 Å². The molecule has 6 nitrogen and oxygen atoms in total. The smallest absolute Gasteiger partial charge is 0.276 e. The lowest BCUT2D eigenvalue weighted by molar-refractivity contribution is -0.106. The van der Waals surface area contributed by atoms with Gasteiger partial charge in [-0.15, -0.1) is 5.10 Å². The molecule has 0 aliphatic heterocycles. The third-order valence-electron chi connectivity index (χ3n) is 1.76. The Balaban J connectivity index is 2.35. The maximum Gasteiger partial charge on any atom is 0.276 e. The zero-order valence-electron chi connectivity index (χ0n) is 7.46. The van der Waals surface area contributed by atoms with Crippen LogP contribution in [0.1, 0.15) is 0 Å². The van der Waals surface area contributed by atoms with Gasteiger partial charge in [-0.1, -0.05) is 5.10 Å². The monoisotopic (exact) mass is 207 g/mol. The second-order valence-electron chi connectivity index (χ2n) is 2.66. The summed E-state index contributed by atoms with van der Waals surface area (Å²) in [6, 6.07) is 5.37. The summed E-state index contributed by atoms with van der Waals surface area (Å²) >= 11 is 0. The topological polar surface area (TPSA) is 74.8 Å². The van der Waals surface area contributed by atoms with E-state index in [1.807, 2.05) is 0 Å². The molecule has 0 radical (unpaired) electrons. The van der Waals surface area contributed by atoms with Crippen molar-refractivity contribution in [2.24, 2.45) is 0 Å². The summed E-state index contributed by atoms with van der Waals surface area (Å²) in [6.45, 7) is 0. The Morgan fingerprint density at radius 1 is 1.33 bits per heavy atom. The molecule has 0 saturated heterocycles.